The van der Waals surface area contributed by atoms with Gasteiger partial charge in [-0.15, -0.1) is 0 Å². The zero-order chi connectivity index (χ0) is 12.7. The summed E-state index contributed by atoms with van der Waals surface area (Å²) in [6, 6.07) is 0.520. The van der Waals surface area contributed by atoms with Gasteiger partial charge in [0.15, 0.2) is 0 Å². The third-order valence-corrected chi connectivity index (χ3v) is 2.40. The second-order valence-corrected chi connectivity index (χ2v) is 3.74. The first-order chi connectivity index (χ1) is 8.13. The molecular formula is C10H14N4O3. The van der Waals surface area contributed by atoms with Crippen molar-refractivity contribution in [1.82, 2.24) is 5.32 Å². The lowest BCUT2D eigenvalue weighted by molar-refractivity contribution is -0.113. The Morgan fingerprint density at radius 1 is 1.35 bits per heavy atom. The number of amides is 3. The fourth-order valence-corrected chi connectivity index (χ4v) is 1.58. The zero-order valence-electron chi connectivity index (χ0n) is 9.31. The van der Waals surface area contributed by atoms with Crippen molar-refractivity contribution in [3.8, 4) is 6.07 Å². The number of nitriles is 1. The fraction of sp³-hybridized carbons (Fsp3) is 0.600. The molecule has 0 aromatic rings. The van der Waals surface area contributed by atoms with Crippen LogP contribution in [0.2, 0.25) is 0 Å². The van der Waals surface area contributed by atoms with E-state index in [4.69, 9.17) is 15.8 Å². The molecule has 0 bridgehead atoms. The Kier molecular flexibility index (Phi) is 4.94. The van der Waals surface area contributed by atoms with E-state index in [-0.39, 0.29) is 6.10 Å². The molecule has 1 aliphatic carbocycles. The zero-order valence-corrected chi connectivity index (χ0v) is 9.31. The highest BCUT2D eigenvalue weighted by molar-refractivity contribution is 6.46. The highest BCUT2D eigenvalue weighted by atomic mass is 16.6. The number of hydrogen-bond acceptors (Lipinski definition) is 5. The number of nitrogens with one attached hydrogen (secondary N) is 1. The fourth-order valence-electron chi connectivity index (χ4n) is 1.58. The van der Waals surface area contributed by atoms with E-state index in [0.29, 0.717) is 0 Å². The van der Waals surface area contributed by atoms with E-state index < -0.39 is 17.6 Å². The number of urea groups is 1. The van der Waals surface area contributed by atoms with Gasteiger partial charge in [0, 0.05) is 0 Å². The first-order valence-electron chi connectivity index (χ1n) is 5.38. The molecule has 0 aromatic carbocycles. The van der Waals surface area contributed by atoms with Crippen molar-refractivity contribution < 1.29 is 14.4 Å². The maximum absolute atomic E-state index is 11.2. The molecule has 92 valence electrons. The Morgan fingerprint density at radius 2 is 2.00 bits per heavy atom. The smallest absolute Gasteiger partial charge is 0.319 e. The van der Waals surface area contributed by atoms with Crippen LogP contribution >= 0.6 is 0 Å². The number of primary amides is 1. The van der Waals surface area contributed by atoms with Crippen molar-refractivity contribution in [2.75, 3.05) is 0 Å². The van der Waals surface area contributed by atoms with E-state index in [1.54, 1.807) is 11.4 Å². The molecule has 0 unspecified atom stereocenters. The van der Waals surface area contributed by atoms with Crippen LogP contribution in [0.3, 0.4) is 0 Å². The minimum Gasteiger partial charge on any atom is -0.391 e. The van der Waals surface area contributed by atoms with E-state index in [9.17, 15) is 9.59 Å². The van der Waals surface area contributed by atoms with E-state index in [1.807, 2.05) is 0 Å². The number of hydrogen-bond donors (Lipinski definition) is 2. The van der Waals surface area contributed by atoms with Gasteiger partial charge in [-0.25, -0.2) is 4.79 Å². The SMILES string of the molecule is N#CC(=NOC1CCCCC1)C(=O)NC(N)=O. The summed E-state index contributed by atoms with van der Waals surface area (Å²) in [7, 11) is 0. The Hall–Kier alpha value is -2.10. The molecule has 1 rings (SSSR count). The monoisotopic (exact) mass is 238 g/mol. The van der Waals surface area contributed by atoms with Gasteiger partial charge in [-0.1, -0.05) is 11.6 Å². The number of nitrogens with two attached hydrogens (primary N) is 1. The predicted octanol–water partition coefficient (Wildman–Crippen LogP) is 0.410. The summed E-state index contributed by atoms with van der Waals surface area (Å²) < 4.78 is 0. The van der Waals surface area contributed by atoms with Gasteiger partial charge < -0.3 is 10.6 Å². The number of rotatable bonds is 3. The van der Waals surface area contributed by atoms with Crippen LogP contribution in [0.5, 0.6) is 0 Å². The highest BCUT2D eigenvalue weighted by Gasteiger charge is 2.17. The van der Waals surface area contributed by atoms with E-state index >= 15 is 0 Å². The summed E-state index contributed by atoms with van der Waals surface area (Å²) in [6.45, 7) is 0. The predicted molar refractivity (Wildman–Crippen MR) is 58.7 cm³/mol. The van der Waals surface area contributed by atoms with Crippen molar-refractivity contribution in [1.29, 1.82) is 5.26 Å². The molecule has 0 spiro atoms. The van der Waals surface area contributed by atoms with Crippen LogP contribution in [0.1, 0.15) is 32.1 Å². The molecule has 3 N–H and O–H groups in total. The summed E-state index contributed by atoms with van der Waals surface area (Å²) in [5.41, 5.74) is 4.24. The highest BCUT2D eigenvalue weighted by Crippen LogP contribution is 2.20. The van der Waals surface area contributed by atoms with Gasteiger partial charge >= 0.3 is 6.03 Å². The molecule has 0 heterocycles. The van der Waals surface area contributed by atoms with Crippen LogP contribution < -0.4 is 11.1 Å². The largest absolute Gasteiger partial charge is 0.391 e. The van der Waals surface area contributed by atoms with Crippen LogP contribution in [0.25, 0.3) is 0 Å². The minimum atomic E-state index is -1.03. The van der Waals surface area contributed by atoms with Gasteiger partial charge in [0.05, 0.1) is 0 Å². The summed E-state index contributed by atoms with van der Waals surface area (Å²) in [6.07, 6.45) is 4.93. The van der Waals surface area contributed by atoms with E-state index in [2.05, 4.69) is 5.16 Å². The normalized spacial score (nSPS) is 17.0. The standard InChI is InChI=1S/C10H14N4O3/c11-6-8(9(15)13-10(12)16)14-17-7-4-2-1-3-5-7/h7H,1-5H2,(H3,12,13,15,16). The second kappa shape index (κ2) is 6.48. The Bertz CT molecular complexity index is 366. The minimum absolute atomic E-state index is 0.0616. The maximum Gasteiger partial charge on any atom is 0.319 e. The van der Waals surface area contributed by atoms with Gasteiger partial charge in [0.2, 0.25) is 5.71 Å². The van der Waals surface area contributed by atoms with Crippen molar-refractivity contribution in [3.05, 3.63) is 0 Å². The molecule has 7 heteroatoms. The average molecular weight is 238 g/mol. The quantitative estimate of drug-likeness (QED) is 0.546. The van der Waals surface area contributed by atoms with Crippen molar-refractivity contribution in [3.63, 3.8) is 0 Å². The maximum atomic E-state index is 11.2. The number of carbonyl (C=O) groups excluding carboxylic acids is 2. The molecule has 1 fully saturated rings. The lowest BCUT2D eigenvalue weighted by Gasteiger charge is -2.19. The van der Waals surface area contributed by atoms with Crippen LogP contribution in [0, 0.1) is 11.3 Å². The molecule has 3 amide bonds. The Balaban J connectivity index is 2.51. The van der Waals surface area contributed by atoms with Crippen molar-refractivity contribution in [2.24, 2.45) is 10.9 Å². The van der Waals surface area contributed by atoms with Gasteiger partial charge in [0.1, 0.15) is 12.2 Å². The summed E-state index contributed by atoms with van der Waals surface area (Å²) in [5, 5.41) is 13.9. The lowest BCUT2D eigenvalue weighted by Crippen LogP contribution is -2.39. The topological polar surface area (TPSA) is 118 Å². The van der Waals surface area contributed by atoms with Gasteiger partial charge in [-0.2, -0.15) is 5.26 Å². The lowest BCUT2D eigenvalue weighted by atomic mass is 9.98. The number of imide groups is 1. The molecule has 0 radical (unpaired) electrons. The van der Waals surface area contributed by atoms with Gasteiger partial charge in [-0.05, 0) is 25.7 Å². The first kappa shape index (κ1) is 13.0. The van der Waals surface area contributed by atoms with E-state index in [0.717, 1.165) is 32.1 Å². The number of carbonyl (C=O) groups is 2. The molecule has 0 atom stereocenters. The molecule has 17 heavy (non-hydrogen) atoms. The molecule has 1 saturated carbocycles. The van der Waals surface area contributed by atoms with E-state index in [1.165, 1.54) is 0 Å². The molecule has 0 saturated heterocycles. The van der Waals surface area contributed by atoms with Crippen LogP contribution in [-0.4, -0.2) is 23.8 Å². The Morgan fingerprint density at radius 3 is 2.53 bits per heavy atom. The first-order valence-corrected chi connectivity index (χ1v) is 5.38. The average Bonchev–Trinajstić information content (AvgIpc) is 2.30. The number of nitrogens with zero attached hydrogens (tertiary/aromatic N) is 2. The van der Waals surface area contributed by atoms with Crippen LogP contribution in [0.4, 0.5) is 4.79 Å². The third-order valence-electron chi connectivity index (χ3n) is 2.40. The molecular weight excluding hydrogens is 224 g/mol. The number of oxime groups is 1. The van der Waals surface area contributed by atoms with Crippen LogP contribution in [0.15, 0.2) is 5.16 Å². The van der Waals surface area contributed by atoms with Gasteiger partial charge in [0.25, 0.3) is 5.91 Å². The van der Waals surface area contributed by atoms with Gasteiger partial charge in [-0.3, -0.25) is 10.1 Å². The second-order valence-electron chi connectivity index (χ2n) is 3.74. The molecule has 7 nitrogen and oxygen atoms in total. The molecule has 1 aliphatic rings. The summed E-state index contributed by atoms with van der Waals surface area (Å²) in [5.74, 6) is -0.948. The molecule has 0 aliphatic heterocycles. The third kappa shape index (κ3) is 4.51. The van der Waals surface area contributed by atoms with Crippen molar-refractivity contribution >= 4 is 17.6 Å². The molecule has 0 aromatic heterocycles. The summed E-state index contributed by atoms with van der Waals surface area (Å²) >= 11 is 0. The summed E-state index contributed by atoms with van der Waals surface area (Å²) in [4.78, 5) is 26.7. The van der Waals surface area contributed by atoms with Crippen molar-refractivity contribution in [2.45, 2.75) is 38.2 Å². The van der Waals surface area contributed by atoms with Crippen LogP contribution in [-0.2, 0) is 9.63 Å². The Labute approximate surface area is 98.6 Å².